The fourth-order valence-corrected chi connectivity index (χ4v) is 6.84. The van der Waals surface area contributed by atoms with Crippen LogP contribution in [0.2, 0.25) is 0 Å². The first-order valence-corrected chi connectivity index (χ1v) is 22.3. The lowest BCUT2D eigenvalue weighted by molar-refractivity contribution is -0.146. The third-order valence-electron chi connectivity index (χ3n) is 9.75. The predicted molar refractivity (Wildman–Crippen MR) is 250 cm³/mol. The van der Waals surface area contributed by atoms with E-state index < -0.39 is 82.7 Å². The van der Waals surface area contributed by atoms with Crippen molar-refractivity contribution in [3.63, 3.8) is 0 Å². The van der Waals surface area contributed by atoms with Crippen molar-refractivity contribution in [3.05, 3.63) is 65.9 Å². The molecule has 0 saturated heterocycles. The van der Waals surface area contributed by atoms with Gasteiger partial charge in [0, 0.05) is 18.0 Å². The van der Waals surface area contributed by atoms with Crippen molar-refractivity contribution >= 4 is 46.6 Å². The first-order chi connectivity index (χ1) is 30.0. The van der Waals surface area contributed by atoms with E-state index in [4.69, 9.17) is 24.7 Å². The number of esters is 1. The van der Waals surface area contributed by atoms with Crippen LogP contribution in [0.5, 0.6) is 5.75 Å². The van der Waals surface area contributed by atoms with E-state index in [1.165, 1.54) is 11.7 Å². The second-order valence-electron chi connectivity index (χ2n) is 20.3. The van der Waals surface area contributed by atoms with Crippen LogP contribution < -0.4 is 31.7 Å². The molecule has 4 amide bonds. The first-order valence-electron chi connectivity index (χ1n) is 22.3. The molecule has 1 aromatic heterocycles. The molecule has 6 N–H and O–H groups in total. The van der Waals surface area contributed by atoms with Gasteiger partial charge >= 0.3 is 12.1 Å². The number of hydrogen-bond acceptors (Lipinski definition) is 11. The zero-order chi connectivity index (χ0) is 49.0. The molecule has 3 rings (SSSR count). The molecule has 16 heteroatoms. The number of nitrogens with one attached hydrogen (secondary N) is 4. The Kier molecular flexibility index (Phi) is 19.2. The largest absolute Gasteiger partial charge is 0.488 e. The summed E-state index contributed by atoms with van der Waals surface area (Å²) in [7, 11) is 1.24. The number of ether oxygens (including phenoxy) is 4. The van der Waals surface area contributed by atoms with Crippen LogP contribution in [0.4, 0.5) is 4.79 Å². The van der Waals surface area contributed by atoms with E-state index in [0.717, 1.165) is 0 Å². The minimum atomic E-state index is -1.32. The molecule has 5 atom stereocenters. The zero-order valence-corrected chi connectivity index (χ0v) is 40.9. The first kappa shape index (κ1) is 53.9. The van der Waals surface area contributed by atoms with Gasteiger partial charge in [0.2, 0.25) is 23.6 Å². The average molecular weight is 907 g/mol. The number of para-hydroxylation sites is 1. The van der Waals surface area contributed by atoms with E-state index in [9.17, 15) is 28.8 Å². The van der Waals surface area contributed by atoms with E-state index in [1.54, 1.807) is 84.1 Å². The Hall–Kier alpha value is -5.48. The van der Waals surface area contributed by atoms with Crippen molar-refractivity contribution in [2.45, 2.75) is 163 Å². The SMILES string of the molecule is COC(=O)[C@H](CC(C)C)NC(=O)[C@@H](CC(C)C)NC(=O)[C@H](Cc1ccc(OC(C)(C)C)cc1)NC(=O)[C@H](COC(C)(C)C)NC(=O)[C@@H](N)Cc1cn(C(=O)OC(C)(C)C)c2ccccc12. The molecule has 0 unspecified atom stereocenters. The summed E-state index contributed by atoms with van der Waals surface area (Å²) >= 11 is 0. The third-order valence-corrected chi connectivity index (χ3v) is 9.75. The van der Waals surface area contributed by atoms with Crippen molar-refractivity contribution in [1.82, 2.24) is 25.8 Å². The maximum Gasteiger partial charge on any atom is 0.419 e. The fourth-order valence-electron chi connectivity index (χ4n) is 6.84. The number of benzene rings is 2. The number of rotatable bonds is 20. The Morgan fingerprint density at radius 2 is 1.15 bits per heavy atom. The average Bonchev–Trinajstić information content (AvgIpc) is 3.55. The smallest absolute Gasteiger partial charge is 0.419 e. The van der Waals surface area contributed by atoms with Crippen molar-refractivity contribution < 1.29 is 47.7 Å². The number of nitrogens with two attached hydrogens (primary N) is 1. The van der Waals surface area contributed by atoms with Crippen LogP contribution in [0, 0.1) is 11.8 Å². The monoisotopic (exact) mass is 907 g/mol. The van der Waals surface area contributed by atoms with Gasteiger partial charge in [-0.2, -0.15) is 0 Å². The summed E-state index contributed by atoms with van der Waals surface area (Å²) in [6.45, 7) is 23.8. The van der Waals surface area contributed by atoms with Crippen LogP contribution in [0.1, 0.15) is 114 Å². The van der Waals surface area contributed by atoms with E-state index >= 15 is 0 Å². The number of aromatic nitrogens is 1. The van der Waals surface area contributed by atoms with E-state index in [0.29, 0.717) is 34.2 Å². The molecule has 360 valence electrons. The molecule has 2 aromatic carbocycles. The minimum Gasteiger partial charge on any atom is -0.488 e. The summed E-state index contributed by atoms with van der Waals surface area (Å²) in [4.78, 5) is 82.3. The van der Waals surface area contributed by atoms with Gasteiger partial charge in [-0.3, -0.25) is 23.7 Å². The van der Waals surface area contributed by atoms with Crippen molar-refractivity contribution in [2.24, 2.45) is 17.6 Å². The van der Waals surface area contributed by atoms with Gasteiger partial charge in [-0.05, 0) is 123 Å². The van der Waals surface area contributed by atoms with Crippen LogP contribution in [-0.2, 0) is 51.0 Å². The topological polar surface area (TPSA) is 218 Å². The quantitative estimate of drug-likeness (QED) is 0.0862. The fraction of sp³-hybridized carbons (Fsp3) is 0.592. The molecule has 0 bridgehead atoms. The molecule has 3 aromatic rings. The maximum absolute atomic E-state index is 14.4. The lowest BCUT2D eigenvalue weighted by Gasteiger charge is -2.29. The van der Waals surface area contributed by atoms with Gasteiger partial charge in [0.1, 0.15) is 41.1 Å². The molecule has 0 radical (unpaired) electrons. The molecular formula is C49H74N6O10. The van der Waals surface area contributed by atoms with Gasteiger partial charge in [-0.25, -0.2) is 9.59 Å². The summed E-state index contributed by atoms with van der Waals surface area (Å²) in [5, 5.41) is 11.8. The number of fused-ring (bicyclic) bond motifs is 1. The van der Waals surface area contributed by atoms with Crippen molar-refractivity contribution in [3.8, 4) is 5.75 Å². The molecule has 1 heterocycles. The van der Waals surface area contributed by atoms with Gasteiger partial charge in [-0.15, -0.1) is 0 Å². The van der Waals surface area contributed by atoms with Crippen LogP contribution >= 0.6 is 0 Å². The van der Waals surface area contributed by atoms with Crippen LogP contribution in [0.25, 0.3) is 10.9 Å². The number of methoxy groups -OCH3 is 1. The van der Waals surface area contributed by atoms with E-state index in [-0.39, 0.29) is 37.7 Å². The van der Waals surface area contributed by atoms with Crippen LogP contribution in [-0.4, -0.2) is 101 Å². The number of nitrogens with zero attached hydrogens (tertiary/aromatic N) is 1. The maximum atomic E-state index is 14.4. The Bertz CT molecular complexity index is 2090. The highest BCUT2D eigenvalue weighted by Crippen LogP contribution is 2.25. The highest BCUT2D eigenvalue weighted by atomic mass is 16.6. The number of carbonyl (C=O) groups excluding carboxylic acids is 6. The minimum absolute atomic E-state index is 0.00384. The highest BCUT2D eigenvalue weighted by Gasteiger charge is 2.34. The summed E-state index contributed by atoms with van der Waals surface area (Å²) < 4.78 is 23.9. The summed E-state index contributed by atoms with van der Waals surface area (Å²) in [6.07, 6.45) is 1.54. The lowest BCUT2D eigenvalue weighted by Crippen LogP contribution is -2.60. The highest BCUT2D eigenvalue weighted by molar-refractivity contribution is 5.96. The summed E-state index contributed by atoms with van der Waals surface area (Å²) in [6, 6.07) is 8.49. The van der Waals surface area contributed by atoms with Crippen LogP contribution in [0.3, 0.4) is 0 Å². The lowest BCUT2D eigenvalue weighted by atomic mass is 9.99. The summed E-state index contributed by atoms with van der Waals surface area (Å²) in [5.41, 5.74) is 6.44. The molecule has 0 aliphatic carbocycles. The molecule has 0 aliphatic heterocycles. The summed E-state index contributed by atoms with van der Waals surface area (Å²) in [5.74, 6) is -2.68. The molecule has 16 nitrogen and oxygen atoms in total. The van der Waals surface area contributed by atoms with Gasteiger partial charge in [0.25, 0.3) is 0 Å². The Morgan fingerprint density at radius 1 is 0.631 bits per heavy atom. The molecule has 0 fully saturated rings. The Morgan fingerprint density at radius 3 is 1.71 bits per heavy atom. The van der Waals surface area contributed by atoms with Gasteiger partial charge in [-0.1, -0.05) is 58.0 Å². The molecule has 0 spiro atoms. The second kappa shape index (κ2) is 23.1. The van der Waals surface area contributed by atoms with Crippen molar-refractivity contribution in [1.29, 1.82) is 0 Å². The normalized spacial score (nSPS) is 14.5. The standard InChI is InChI=1S/C49H74N6O10/c1-29(2)23-36(42(57)53-38(24-30(3)4)45(60)62-14)51-43(58)37(25-31-19-21-33(22-20-31)64-48(8,9)10)52-44(59)39(28-63-47(5,6)7)54-41(56)35(50)26-32-27-55(46(61)65-49(11,12)13)40-18-16-15-17-34(32)40/h15-22,27,29-30,35-39H,23-26,28,50H2,1-14H3,(H,51,58)(H,52,59)(H,53,57)(H,54,56)/t35-,36+,37-,38-,39-/m0/s1. The number of hydrogen-bond donors (Lipinski definition) is 5. The second-order valence-corrected chi connectivity index (χ2v) is 20.3. The molecule has 65 heavy (non-hydrogen) atoms. The number of amides is 4. The van der Waals surface area contributed by atoms with Gasteiger partial charge in [0.05, 0.1) is 30.9 Å². The molecule has 0 saturated carbocycles. The number of carbonyl (C=O) groups is 6. The van der Waals surface area contributed by atoms with Crippen molar-refractivity contribution in [2.75, 3.05) is 13.7 Å². The zero-order valence-electron chi connectivity index (χ0n) is 40.9. The van der Waals surface area contributed by atoms with E-state index in [1.807, 2.05) is 60.6 Å². The Labute approximate surface area is 384 Å². The molecule has 0 aliphatic rings. The third kappa shape index (κ3) is 18.1. The van der Waals surface area contributed by atoms with E-state index in [2.05, 4.69) is 21.3 Å². The van der Waals surface area contributed by atoms with Gasteiger partial charge < -0.3 is 45.9 Å². The predicted octanol–water partition coefficient (Wildman–Crippen LogP) is 5.73. The van der Waals surface area contributed by atoms with Gasteiger partial charge in [0.15, 0.2) is 0 Å². The Balaban J connectivity index is 1.96. The van der Waals surface area contributed by atoms with Crippen LogP contribution in [0.15, 0.2) is 54.7 Å². The molecular weight excluding hydrogens is 833 g/mol.